The van der Waals surface area contributed by atoms with Crippen LogP contribution in [-0.2, 0) is 19.5 Å². The van der Waals surface area contributed by atoms with Gasteiger partial charge in [-0.05, 0) is 0 Å². The minimum atomic E-state index is -1.75. The van der Waals surface area contributed by atoms with Crippen molar-refractivity contribution in [3.63, 3.8) is 0 Å². The van der Waals surface area contributed by atoms with E-state index in [1.165, 1.54) is 0 Å². The van der Waals surface area contributed by atoms with E-state index in [4.69, 9.17) is 15.3 Å². The molecule has 0 aliphatic heterocycles. The average Bonchev–Trinajstić information content (AvgIpc) is 0.811. The predicted molar refractivity (Wildman–Crippen MR) is 40.7 cm³/mol. The van der Waals surface area contributed by atoms with E-state index < -0.39 is 5.09 Å². The summed E-state index contributed by atoms with van der Waals surface area (Å²) in [6.45, 7) is 0. The Morgan fingerprint density at radius 2 is 0.692 bits per heavy atom. The van der Waals surface area contributed by atoms with Gasteiger partial charge in [0.1, 0.15) is 0 Å². The molecule has 1 radical (unpaired) electrons. The monoisotopic (exact) mass is 269 g/mol. The quantitative estimate of drug-likeness (QED) is 0.255. The molecular formula is H17N2O10Zn. The van der Waals surface area contributed by atoms with Gasteiger partial charge in [0.25, 0.3) is 0 Å². The van der Waals surface area contributed by atoms with Gasteiger partial charge in [-0.15, -0.1) is 0 Å². The van der Waals surface area contributed by atoms with E-state index in [0.29, 0.717) is 0 Å². The fourth-order valence-electron chi connectivity index (χ4n) is 0. The van der Waals surface area contributed by atoms with Gasteiger partial charge in [0, 0.05) is 0 Å². The Morgan fingerprint density at radius 1 is 0.692 bits per heavy atom. The van der Waals surface area contributed by atoms with Gasteiger partial charge in [-0.1, -0.05) is 0 Å². The molecule has 0 unspecified atom stereocenters. The van der Waals surface area contributed by atoms with Crippen LogP contribution in [0, 0.1) is 15.3 Å². The van der Waals surface area contributed by atoms with Crippen LogP contribution in [-0.4, -0.2) is 43.4 Å². The van der Waals surface area contributed by atoms with Gasteiger partial charge in [0.15, 0.2) is 0 Å². The van der Waals surface area contributed by atoms with Crippen LogP contribution in [0.2, 0.25) is 0 Å². The second-order valence-corrected chi connectivity index (χ2v) is 0.224. The summed E-state index contributed by atoms with van der Waals surface area (Å²) in [6, 6.07) is 0. The van der Waals surface area contributed by atoms with Crippen molar-refractivity contribution in [1.29, 1.82) is 0 Å². The molecule has 0 bridgehead atoms. The Bertz CT molecular complexity index is 35.9. The van der Waals surface area contributed by atoms with Crippen LogP contribution < -0.4 is 6.15 Å². The molecular weight excluding hydrogens is 253 g/mol. The van der Waals surface area contributed by atoms with Crippen LogP contribution in [0.3, 0.4) is 0 Å². The molecule has 0 spiro atoms. The molecule has 13 heteroatoms. The summed E-state index contributed by atoms with van der Waals surface area (Å²) in [6.07, 6.45) is 0. The van der Waals surface area contributed by atoms with E-state index in [1.54, 1.807) is 0 Å². The molecule has 0 saturated heterocycles. The Kier molecular flexibility index (Phi) is 4110. The zero-order valence-electron chi connectivity index (χ0n) is 6.59. The molecule has 17 N–H and O–H groups in total. The molecule has 0 aromatic heterocycles. The first-order valence-corrected chi connectivity index (χ1v) is 0.548. The van der Waals surface area contributed by atoms with Crippen molar-refractivity contribution in [3.8, 4) is 0 Å². The van der Waals surface area contributed by atoms with Crippen LogP contribution in [0.1, 0.15) is 0 Å². The maximum absolute atomic E-state index is 8.25. The zero-order valence-corrected chi connectivity index (χ0v) is 9.55. The number of hydrogen-bond donors (Lipinski definition) is 1. The Balaban J connectivity index is -0.00000000125. The summed E-state index contributed by atoms with van der Waals surface area (Å²) in [5.74, 6) is 0. The minimum Gasteiger partial charge on any atom is -0.412 e. The molecule has 0 heterocycles. The smallest absolute Gasteiger partial charge is 0.412 e. The van der Waals surface area contributed by atoms with E-state index in [0.717, 1.165) is 0 Å². The molecule has 12 nitrogen and oxygen atoms in total. The third kappa shape index (κ3) is 4210. The first kappa shape index (κ1) is 264. The van der Waals surface area contributed by atoms with Crippen molar-refractivity contribution in [2.24, 2.45) is 0 Å². The van der Waals surface area contributed by atoms with Crippen molar-refractivity contribution in [2.45, 2.75) is 0 Å². The van der Waals surface area contributed by atoms with Crippen LogP contribution in [0.5, 0.6) is 0 Å². The third-order valence-corrected chi connectivity index (χ3v) is 0. The van der Waals surface area contributed by atoms with Crippen molar-refractivity contribution < 1.29 is 62.9 Å². The molecule has 0 fully saturated rings. The molecule has 0 aromatic carbocycles. The molecule has 0 rings (SSSR count). The topological polar surface area (TPSA) is 322 Å². The van der Waals surface area contributed by atoms with E-state index >= 15 is 0 Å². The van der Waals surface area contributed by atoms with Crippen LogP contribution in [0.4, 0.5) is 0 Å². The summed E-state index contributed by atoms with van der Waals surface area (Å²) >= 11 is 0. The number of rotatable bonds is 0. The predicted octanol–water partition coefficient (Wildman–Crippen LogP) is -5.85. The fraction of sp³-hybridized carbons (Fsp3) is 0. The number of hydrogen-bond acceptors (Lipinski definition) is 4. The van der Waals surface area contributed by atoms with Crippen molar-refractivity contribution >= 4 is 0 Å². The molecule has 89 valence electrons. The standard InChI is InChI=1S/NO3.H3N.7H2O.Zn/c2-1(3)4;;;;;;;;;/h;1H3;7*1H2;/q-1;;;;;;;;;+1. The van der Waals surface area contributed by atoms with Gasteiger partial charge in [-0.2, -0.15) is 0 Å². The molecule has 0 atom stereocenters. The summed E-state index contributed by atoms with van der Waals surface area (Å²) < 4.78 is 0. The first-order valence-electron chi connectivity index (χ1n) is 0.548. The van der Waals surface area contributed by atoms with E-state index in [9.17, 15) is 0 Å². The minimum absolute atomic E-state index is 0. The first-order chi connectivity index (χ1) is 1.73. The average molecular weight is 271 g/mol. The molecule has 0 amide bonds. The molecule has 0 aromatic rings. The Morgan fingerprint density at radius 3 is 0.692 bits per heavy atom. The van der Waals surface area contributed by atoms with Gasteiger partial charge in [0.2, 0.25) is 0 Å². The van der Waals surface area contributed by atoms with Crippen LogP contribution in [0.25, 0.3) is 0 Å². The maximum Gasteiger partial charge on any atom is 1.00 e. The molecule has 0 aliphatic carbocycles. The SMILES string of the molecule is N.O.O.O.O.O.O.O.O=[N+]([O-])[O-].[Zn+]. The summed E-state index contributed by atoms with van der Waals surface area (Å²) in [5, 5.41) is 14.8. The maximum atomic E-state index is 8.25. The molecule has 13 heavy (non-hydrogen) atoms. The Labute approximate surface area is 85.2 Å². The molecule has 0 aliphatic rings. The van der Waals surface area contributed by atoms with Gasteiger partial charge in [-0.25, -0.2) is 0 Å². The summed E-state index contributed by atoms with van der Waals surface area (Å²) in [7, 11) is 0. The third-order valence-electron chi connectivity index (χ3n) is 0. The van der Waals surface area contributed by atoms with Crippen molar-refractivity contribution in [2.75, 3.05) is 0 Å². The largest absolute Gasteiger partial charge is 1.00 e. The van der Waals surface area contributed by atoms with Gasteiger partial charge in [-0.3, -0.25) is 0 Å². The second kappa shape index (κ2) is 203. The van der Waals surface area contributed by atoms with Crippen molar-refractivity contribution in [3.05, 3.63) is 15.3 Å². The zero-order chi connectivity index (χ0) is 3.58. The van der Waals surface area contributed by atoms with Gasteiger partial charge in [0.05, 0.1) is 5.09 Å². The second-order valence-electron chi connectivity index (χ2n) is 0.224. The van der Waals surface area contributed by atoms with Gasteiger partial charge < -0.3 is 59.8 Å². The summed E-state index contributed by atoms with van der Waals surface area (Å²) in [4.78, 5) is 8.25. The normalized spacial score (nSPS) is 1.85. The van der Waals surface area contributed by atoms with Crippen LogP contribution in [0.15, 0.2) is 0 Å². The van der Waals surface area contributed by atoms with E-state index in [-0.39, 0.29) is 64.0 Å². The van der Waals surface area contributed by atoms with Gasteiger partial charge >= 0.3 is 19.5 Å². The Hall–Kier alpha value is -0.497. The molecule has 0 saturated carbocycles. The van der Waals surface area contributed by atoms with Crippen molar-refractivity contribution in [1.82, 2.24) is 6.15 Å². The fourth-order valence-corrected chi connectivity index (χ4v) is 0. The van der Waals surface area contributed by atoms with Crippen LogP contribution >= 0.6 is 0 Å². The van der Waals surface area contributed by atoms with E-state index in [2.05, 4.69) is 0 Å². The van der Waals surface area contributed by atoms with E-state index in [1.807, 2.05) is 0 Å². The summed E-state index contributed by atoms with van der Waals surface area (Å²) in [5.41, 5.74) is 0. The number of nitrogens with zero attached hydrogens (tertiary/aromatic N) is 1.